The van der Waals surface area contributed by atoms with E-state index in [1.807, 2.05) is 0 Å². The Hall–Kier alpha value is -1.95. The molecule has 0 saturated carbocycles. The molecule has 2 rings (SSSR count). The van der Waals surface area contributed by atoms with Gasteiger partial charge in [0.15, 0.2) is 0 Å². The van der Waals surface area contributed by atoms with Crippen LogP contribution in [0.3, 0.4) is 0 Å². The second-order valence-electron chi connectivity index (χ2n) is 5.17. The van der Waals surface area contributed by atoms with Gasteiger partial charge in [-0.25, -0.2) is 0 Å². The Labute approximate surface area is 129 Å². The Balaban J connectivity index is 1.96. The molecule has 5 nitrogen and oxygen atoms in total. The lowest BCUT2D eigenvalue weighted by molar-refractivity contribution is -0.131. The number of thiocarbonyl (C=S) groups is 1. The SMILES string of the molecule is CC(NC(=O)c1ccc(C(N)=S)cc1)C(=O)N1CCCC1. The van der Waals surface area contributed by atoms with E-state index in [9.17, 15) is 9.59 Å². The van der Waals surface area contributed by atoms with Crippen LogP contribution in [0.2, 0.25) is 0 Å². The molecule has 1 aromatic rings. The van der Waals surface area contributed by atoms with Gasteiger partial charge in [0.1, 0.15) is 11.0 Å². The number of carbonyl (C=O) groups excluding carboxylic acids is 2. The summed E-state index contributed by atoms with van der Waals surface area (Å²) in [7, 11) is 0. The van der Waals surface area contributed by atoms with Gasteiger partial charge < -0.3 is 16.0 Å². The summed E-state index contributed by atoms with van der Waals surface area (Å²) in [5, 5.41) is 2.73. The van der Waals surface area contributed by atoms with Gasteiger partial charge in [0.05, 0.1) is 0 Å². The zero-order valence-corrected chi connectivity index (χ0v) is 12.8. The van der Waals surface area contributed by atoms with Crippen molar-refractivity contribution in [1.29, 1.82) is 0 Å². The molecule has 1 aliphatic rings. The van der Waals surface area contributed by atoms with Crippen LogP contribution in [0.4, 0.5) is 0 Å². The molecule has 1 heterocycles. The maximum absolute atomic E-state index is 12.1. The van der Waals surface area contributed by atoms with Crippen molar-refractivity contribution >= 4 is 29.0 Å². The van der Waals surface area contributed by atoms with Crippen LogP contribution in [-0.4, -0.2) is 40.8 Å². The predicted molar refractivity (Wildman–Crippen MR) is 85.1 cm³/mol. The van der Waals surface area contributed by atoms with E-state index in [1.54, 1.807) is 36.1 Å². The highest BCUT2D eigenvalue weighted by atomic mass is 32.1. The van der Waals surface area contributed by atoms with Crippen molar-refractivity contribution in [2.24, 2.45) is 5.73 Å². The van der Waals surface area contributed by atoms with Gasteiger partial charge in [0, 0.05) is 24.2 Å². The summed E-state index contributed by atoms with van der Waals surface area (Å²) < 4.78 is 0. The number of hydrogen-bond acceptors (Lipinski definition) is 3. The van der Waals surface area contributed by atoms with E-state index in [0.29, 0.717) is 16.1 Å². The molecule has 112 valence electrons. The van der Waals surface area contributed by atoms with Gasteiger partial charge >= 0.3 is 0 Å². The van der Waals surface area contributed by atoms with E-state index in [0.717, 1.165) is 25.9 Å². The lowest BCUT2D eigenvalue weighted by atomic mass is 10.1. The third kappa shape index (κ3) is 3.78. The monoisotopic (exact) mass is 305 g/mol. The molecule has 6 heteroatoms. The molecule has 3 N–H and O–H groups in total. The van der Waals surface area contributed by atoms with Crippen LogP contribution >= 0.6 is 12.2 Å². The van der Waals surface area contributed by atoms with Crippen molar-refractivity contribution in [3.05, 3.63) is 35.4 Å². The maximum Gasteiger partial charge on any atom is 0.251 e. The molecule has 0 aliphatic carbocycles. The number of hydrogen-bond donors (Lipinski definition) is 2. The fourth-order valence-corrected chi connectivity index (χ4v) is 2.48. The number of nitrogens with zero attached hydrogens (tertiary/aromatic N) is 1. The summed E-state index contributed by atoms with van der Waals surface area (Å²) in [5.41, 5.74) is 6.70. The van der Waals surface area contributed by atoms with Gasteiger partial charge in [-0.3, -0.25) is 9.59 Å². The molecule has 2 amide bonds. The van der Waals surface area contributed by atoms with E-state index in [4.69, 9.17) is 18.0 Å². The standard InChI is InChI=1S/C15H19N3O2S/c1-10(15(20)18-8-2-3-9-18)17-14(19)12-6-4-11(5-7-12)13(16)21/h4-7,10H,2-3,8-9H2,1H3,(H2,16,21)(H,17,19). The summed E-state index contributed by atoms with van der Waals surface area (Å²) >= 11 is 4.86. The number of nitrogens with one attached hydrogen (secondary N) is 1. The van der Waals surface area contributed by atoms with Crippen LogP contribution < -0.4 is 11.1 Å². The second-order valence-corrected chi connectivity index (χ2v) is 5.61. The Kier molecular flexibility index (Phi) is 4.90. The van der Waals surface area contributed by atoms with Crippen molar-refractivity contribution in [3.8, 4) is 0 Å². The van der Waals surface area contributed by atoms with Gasteiger partial charge in [-0.05, 0) is 31.9 Å². The molecule has 0 spiro atoms. The molecule has 1 unspecified atom stereocenters. The number of likely N-dealkylation sites (tertiary alicyclic amines) is 1. The lowest BCUT2D eigenvalue weighted by Gasteiger charge is -2.21. The van der Waals surface area contributed by atoms with Crippen molar-refractivity contribution in [3.63, 3.8) is 0 Å². The Bertz CT molecular complexity index is 551. The second kappa shape index (κ2) is 6.67. The number of benzene rings is 1. The van der Waals surface area contributed by atoms with Crippen LogP contribution in [0.5, 0.6) is 0 Å². The first kappa shape index (κ1) is 15.4. The zero-order chi connectivity index (χ0) is 15.4. The molecular weight excluding hydrogens is 286 g/mol. The van der Waals surface area contributed by atoms with Crippen molar-refractivity contribution in [1.82, 2.24) is 10.2 Å². The number of amides is 2. The first-order chi connectivity index (χ1) is 9.99. The largest absolute Gasteiger partial charge is 0.389 e. The van der Waals surface area contributed by atoms with E-state index in [1.165, 1.54) is 0 Å². The number of nitrogens with two attached hydrogens (primary N) is 1. The van der Waals surface area contributed by atoms with Gasteiger partial charge in [0.25, 0.3) is 5.91 Å². The van der Waals surface area contributed by atoms with Crippen molar-refractivity contribution < 1.29 is 9.59 Å². The molecule has 0 aromatic heterocycles. The Morgan fingerprint density at radius 3 is 2.24 bits per heavy atom. The first-order valence-electron chi connectivity index (χ1n) is 6.98. The topological polar surface area (TPSA) is 75.4 Å². The van der Waals surface area contributed by atoms with Gasteiger partial charge in [-0.15, -0.1) is 0 Å². The van der Waals surface area contributed by atoms with Crippen LogP contribution in [0.15, 0.2) is 24.3 Å². The quantitative estimate of drug-likeness (QED) is 0.816. The fourth-order valence-electron chi connectivity index (χ4n) is 2.34. The maximum atomic E-state index is 12.1. The molecule has 1 aliphatic heterocycles. The normalized spacial score (nSPS) is 15.6. The minimum absolute atomic E-state index is 0.0272. The summed E-state index contributed by atoms with van der Waals surface area (Å²) in [6, 6.07) is 6.17. The zero-order valence-electron chi connectivity index (χ0n) is 12.0. The van der Waals surface area contributed by atoms with Gasteiger partial charge in [-0.1, -0.05) is 24.4 Å². The molecule has 0 radical (unpaired) electrons. The summed E-state index contributed by atoms with van der Waals surface area (Å²) in [6.07, 6.45) is 2.07. The molecular formula is C15H19N3O2S. The van der Waals surface area contributed by atoms with Crippen LogP contribution in [0.1, 0.15) is 35.7 Å². The molecule has 21 heavy (non-hydrogen) atoms. The average molecular weight is 305 g/mol. The smallest absolute Gasteiger partial charge is 0.251 e. The van der Waals surface area contributed by atoms with E-state index < -0.39 is 6.04 Å². The van der Waals surface area contributed by atoms with Crippen LogP contribution in [-0.2, 0) is 4.79 Å². The summed E-state index contributed by atoms with van der Waals surface area (Å²) in [5.74, 6) is -0.301. The molecule has 1 saturated heterocycles. The van der Waals surface area contributed by atoms with Crippen LogP contribution in [0, 0.1) is 0 Å². The Morgan fingerprint density at radius 2 is 1.71 bits per heavy atom. The number of rotatable bonds is 4. The molecule has 1 atom stereocenters. The van der Waals surface area contributed by atoms with Crippen LogP contribution in [0.25, 0.3) is 0 Å². The summed E-state index contributed by atoms with van der Waals surface area (Å²) in [6.45, 7) is 3.27. The predicted octanol–water partition coefficient (Wildman–Crippen LogP) is 1.06. The molecule has 1 aromatic carbocycles. The average Bonchev–Trinajstić information content (AvgIpc) is 3.00. The van der Waals surface area contributed by atoms with Crippen molar-refractivity contribution in [2.75, 3.05) is 13.1 Å². The lowest BCUT2D eigenvalue weighted by Crippen LogP contribution is -2.45. The Morgan fingerprint density at radius 1 is 1.19 bits per heavy atom. The molecule has 1 fully saturated rings. The van der Waals surface area contributed by atoms with E-state index in [2.05, 4.69) is 5.32 Å². The summed E-state index contributed by atoms with van der Waals surface area (Å²) in [4.78, 5) is 26.3. The first-order valence-corrected chi connectivity index (χ1v) is 7.39. The molecule has 0 bridgehead atoms. The minimum Gasteiger partial charge on any atom is -0.389 e. The minimum atomic E-state index is -0.522. The highest BCUT2D eigenvalue weighted by Gasteiger charge is 2.24. The highest BCUT2D eigenvalue weighted by molar-refractivity contribution is 7.80. The number of carbonyl (C=O) groups is 2. The highest BCUT2D eigenvalue weighted by Crippen LogP contribution is 2.10. The van der Waals surface area contributed by atoms with Crippen molar-refractivity contribution in [2.45, 2.75) is 25.8 Å². The third-order valence-electron chi connectivity index (χ3n) is 3.57. The van der Waals surface area contributed by atoms with E-state index in [-0.39, 0.29) is 11.8 Å². The fraction of sp³-hybridized carbons (Fsp3) is 0.400. The van der Waals surface area contributed by atoms with Gasteiger partial charge in [0.2, 0.25) is 5.91 Å². The van der Waals surface area contributed by atoms with Gasteiger partial charge in [-0.2, -0.15) is 0 Å². The third-order valence-corrected chi connectivity index (χ3v) is 3.80. The van der Waals surface area contributed by atoms with E-state index >= 15 is 0 Å².